The van der Waals surface area contributed by atoms with Crippen LogP contribution in [0.3, 0.4) is 0 Å². The molecule has 6 nitrogen and oxygen atoms in total. The summed E-state index contributed by atoms with van der Waals surface area (Å²) in [5.41, 5.74) is 3.12. The van der Waals surface area contributed by atoms with Gasteiger partial charge in [0.15, 0.2) is 0 Å². The minimum absolute atomic E-state index is 0.0908. The van der Waals surface area contributed by atoms with Crippen molar-refractivity contribution in [3.05, 3.63) is 70.8 Å². The lowest BCUT2D eigenvalue weighted by atomic mass is 9.86. The number of fused-ring (bicyclic) bond motifs is 2. The number of nitrogens with zero attached hydrogens (tertiary/aromatic N) is 1. The van der Waals surface area contributed by atoms with Crippen LogP contribution in [0, 0.1) is 0 Å². The molecule has 1 aliphatic carbocycles. The van der Waals surface area contributed by atoms with Crippen molar-refractivity contribution < 1.29 is 19.4 Å². The van der Waals surface area contributed by atoms with E-state index in [1.54, 1.807) is 17.7 Å². The Hall–Kier alpha value is -3.12. The zero-order valence-electron chi connectivity index (χ0n) is 20.9. The molecule has 36 heavy (non-hydrogen) atoms. The number of carbonyl (C=O) groups is 2. The van der Waals surface area contributed by atoms with Gasteiger partial charge in [-0.25, -0.2) is 4.79 Å². The summed E-state index contributed by atoms with van der Waals surface area (Å²) in [6.07, 6.45) is 13.4. The molecule has 2 aromatic rings. The largest absolute Gasteiger partial charge is 0.478 e. The number of allylic oxidation sites excluding steroid dienone is 1. The Labute approximate surface area is 213 Å². The number of hydrogen-bond acceptors (Lipinski definition) is 4. The van der Waals surface area contributed by atoms with E-state index >= 15 is 0 Å². The van der Waals surface area contributed by atoms with Gasteiger partial charge in [0, 0.05) is 36.8 Å². The van der Waals surface area contributed by atoms with Crippen LogP contribution in [0.4, 0.5) is 0 Å². The predicted molar refractivity (Wildman–Crippen MR) is 140 cm³/mol. The van der Waals surface area contributed by atoms with E-state index in [0.29, 0.717) is 17.1 Å². The van der Waals surface area contributed by atoms with Crippen molar-refractivity contribution in [2.75, 3.05) is 19.6 Å². The topological polar surface area (TPSA) is 78.9 Å². The maximum absolute atomic E-state index is 13.6. The smallest absolute Gasteiger partial charge is 0.335 e. The summed E-state index contributed by atoms with van der Waals surface area (Å²) in [5, 5.41) is 12.8. The van der Waals surface area contributed by atoms with Gasteiger partial charge in [-0.05, 0) is 62.8 Å². The summed E-state index contributed by atoms with van der Waals surface area (Å²) < 4.78 is 6.01. The summed E-state index contributed by atoms with van der Waals surface area (Å²) in [6.45, 7) is 3.01. The van der Waals surface area contributed by atoms with Crippen LogP contribution in [-0.4, -0.2) is 47.6 Å². The first kappa shape index (κ1) is 24.6. The van der Waals surface area contributed by atoms with Gasteiger partial charge in [-0.15, -0.1) is 0 Å². The lowest BCUT2D eigenvalue weighted by Crippen LogP contribution is -2.46. The molecule has 0 saturated carbocycles. The van der Waals surface area contributed by atoms with E-state index in [9.17, 15) is 14.7 Å². The SMILES string of the molecule is O=C(O)c1ccc2c(c1)C(C(=O)NC1CCN(C/C3=C/CCCCCCC3)CC1)c1ccccc1O2. The van der Waals surface area contributed by atoms with Crippen molar-refractivity contribution in [1.29, 1.82) is 0 Å². The van der Waals surface area contributed by atoms with Gasteiger partial charge in [0.05, 0.1) is 11.5 Å². The quantitative estimate of drug-likeness (QED) is 0.515. The first-order valence-electron chi connectivity index (χ1n) is 13.4. The highest BCUT2D eigenvalue weighted by Crippen LogP contribution is 2.44. The molecule has 2 N–H and O–H groups in total. The molecule has 1 saturated heterocycles. The third kappa shape index (κ3) is 5.65. The molecule has 0 spiro atoms. The van der Waals surface area contributed by atoms with Crippen LogP contribution in [0.5, 0.6) is 11.5 Å². The fourth-order valence-corrected chi connectivity index (χ4v) is 5.77. The second-order valence-corrected chi connectivity index (χ2v) is 10.4. The first-order valence-corrected chi connectivity index (χ1v) is 13.4. The Bertz CT molecular complexity index is 1130. The number of piperidine rings is 1. The van der Waals surface area contributed by atoms with Gasteiger partial charge in [-0.2, -0.15) is 0 Å². The number of carboxylic acid groups (broad SMARTS) is 1. The van der Waals surface area contributed by atoms with Crippen LogP contribution in [0.25, 0.3) is 0 Å². The van der Waals surface area contributed by atoms with Crippen molar-refractivity contribution >= 4 is 11.9 Å². The molecule has 0 radical (unpaired) electrons. The lowest BCUT2D eigenvalue weighted by Gasteiger charge is -2.34. The molecule has 3 aliphatic rings. The fraction of sp³-hybridized carbons (Fsp3) is 0.467. The first-order chi connectivity index (χ1) is 17.6. The number of nitrogens with one attached hydrogen (secondary N) is 1. The molecule has 1 unspecified atom stereocenters. The Morgan fingerprint density at radius 1 is 0.944 bits per heavy atom. The van der Waals surface area contributed by atoms with Gasteiger partial charge in [0.2, 0.25) is 5.91 Å². The van der Waals surface area contributed by atoms with Gasteiger partial charge in [0.1, 0.15) is 11.5 Å². The number of amides is 1. The van der Waals surface area contributed by atoms with Gasteiger partial charge in [-0.3, -0.25) is 9.69 Å². The van der Waals surface area contributed by atoms with Crippen LogP contribution in [-0.2, 0) is 4.79 Å². The number of rotatable bonds is 5. The predicted octanol–water partition coefficient (Wildman–Crippen LogP) is 5.87. The molecule has 190 valence electrons. The summed E-state index contributed by atoms with van der Waals surface area (Å²) in [6, 6.07) is 12.4. The summed E-state index contributed by atoms with van der Waals surface area (Å²) in [4.78, 5) is 27.8. The van der Waals surface area contributed by atoms with Crippen LogP contribution in [0.15, 0.2) is 54.1 Å². The molecule has 2 heterocycles. The van der Waals surface area contributed by atoms with Gasteiger partial charge >= 0.3 is 5.97 Å². The highest BCUT2D eigenvalue weighted by Gasteiger charge is 2.34. The van der Waals surface area contributed by atoms with E-state index in [2.05, 4.69) is 16.3 Å². The van der Waals surface area contributed by atoms with Gasteiger partial charge < -0.3 is 15.2 Å². The molecule has 2 aliphatic heterocycles. The summed E-state index contributed by atoms with van der Waals surface area (Å²) in [5.74, 6) is -0.514. The van der Waals surface area contributed by atoms with Gasteiger partial charge in [-0.1, -0.05) is 49.1 Å². The van der Waals surface area contributed by atoms with Crippen molar-refractivity contribution in [3.8, 4) is 11.5 Å². The average Bonchev–Trinajstić information content (AvgIpc) is 3.02. The van der Waals surface area contributed by atoms with E-state index in [-0.39, 0.29) is 17.5 Å². The van der Waals surface area contributed by atoms with E-state index in [0.717, 1.165) is 38.0 Å². The second-order valence-electron chi connectivity index (χ2n) is 10.4. The molecule has 1 fully saturated rings. The molecule has 5 rings (SSSR count). The molecular weight excluding hydrogens is 452 g/mol. The molecule has 1 atom stereocenters. The van der Waals surface area contributed by atoms with E-state index in [1.165, 1.54) is 51.0 Å². The summed E-state index contributed by atoms with van der Waals surface area (Å²) in [7, 11) is 0. The van der Waals surface area contributed by atoms with E-state index < -0.39 is 11.9 Å². The van der Waals surface area contributed by atoms with Crippen molar-refractivity contribution in [3.63, 3.8) is 0 Å². The minimum Gasteiger partial charge on any atom is -0.478 e. The number of carboxylic acids is 1. The van der Waals surface area contributed by atoms with Crippen LogP contribution >= 0.6 is 0 Å². The monoisotopic (exact) mass is 488 g/mol. The number of aromatic carboxylic acids is 1. The number of carbonyl (C=O) groups excluding carboxylic acids is 1. The van der Waals surface area contributed by atoms with Crippen LogP contribution < -0.4 is 10.1 Å². The third-order valence-electron chi connectivity index (χ3n) is 7.78. The zero-order valence-corrected chi connectivity index (χ0v) is 20.9. The number of para-hydroxylation sites is 1. The summed E-state index contributed by atoms with van der Waals surface area (Å²) >= 11 is 0. The number of hydrogen-bond donors (Lipinski definition) is 2. The van der Waals surface area contributed by atoms with Crippen molar-refractivity contribution in [2.45, 2.75) is 69.7 Å². The molecule has 6 heteroatoms. The molecule has 2 aromatic carbocycles. The highest BCUT2D eigenvalue weighted by atomic mass is 16.5. The number of benzene rings is 2. The number of ether oxygens (including phenoxy) is 1. The second kappa shape index (κ2) is 11.3. The zero-order chi connectivity index (χ0) is 24.9. The number of likely N-dealkylation sites (tertiary alicyclic amines) is 1. The average molecular weight is 489 g/mol. The molecule has 1 amide bonds. The van der Waals surface area contributed by atoms with Crippen molar-refractivity contribution in [2.24, 2.45) is 0 Å². The standard InChI is InChI=1S/C30H36N2O4/c33-29(31-23-15-17-32(18-16-23)20-21-9-5-3-1-2-4-6-10-21)28-24-11-7-8-12-26(24)36-27-14-13-22(30(34)35)19-25(27)28/h7-9,11-14,19,23,28H,1-6,10,15-18,20H2,(H,31,33)(H,34,35)/b21-9+. The van der Waals surface area contributed by atoms with Crippen LogP contribution in [0.2, 0.25) is 0 Å². The third-order valence-corrected chi connectivity index (χ3v) is 7.78. The maximum Gasteiger partial charge on any atom is 0.335 e. The van der Waals surface area contributed by atoms with Gasteiger partial charge in [0.25, 0.3) is 0 Å². The maximum atomic E-state index is 13.6. The normalized spacial score (nSPS) is 22.4. The van der Waals surface area contributed by atoms with Crippen molar-refractivity contribution in [1.82, 2.24) is 10.2 Å². The fourth-order valence-electron chi connectivity index (χ4n) is 5.77. The van der Waals surface area contributed by atoms with E-state index in [1.807, 2.05) is 24.3 Å². The minimum atomic E-state index is -1.02. The molecular formula is C30H36N2O4. The highest BCUT2D eigenvalue weighted by molar-refractivity contribution is 5.92. The Morgan fingerprint density at radius 2 is 1.69 bits per heavy atom. The van der Waals surface area contributed by atoms with Crippen LogP contribution in [0.1, 0.15) is 85.2 Å². The Kier molecular flexibility index (Phi) is 7.71. The van der Waals surface area contributed by atoms with E-state index in [4.69, 9.17) is 4.74 Å². The molecule has 0 aromatic heterocycles. The lowest BCUT2D eigenvalue weighted by molar-refractivity contribution is -0.122. The Balaban J connectivity index is 1.25. The Morgan fingerprint density at radius 3 is 2.53 bits per heavy atom. The molecule has 0 bridgehead atoms.